The van der Waals surface area contributed by atoms with Crippen molar-refractivity contribution in [2.75, 3.05) is 16.8 Å². The summed E-state index contributed by atoms with van der Waals surface area (Å²) in [6, 6.07) is 47.8. The summed E-state index contributed by atoms with van der Waals surface area (Å²) in [6.45, 7) is 0. The standard InChI is InChI=1S/C50H42N10O6S3/c1-59-49(55-57-58-59)69-29-33-28-67-46-41(45(63)60(46)42(33)47(64)65-43(31-17-7-2-8-18-31)32-19-9-3-10-20-32)53-44(62)40(56-66-39-27-38(61)52-39)37-30-68-48(51-37)54-50(34-21-11-4-12-22-34,35-23-13-5-14-24-35)36-25-15-6-16-26-36/h2-26,30,39,41,43,46H,27-29H2,1H3,(H,51,54)(H,52,61)(H,53,62)/b56-40-/t39?,41?,46-/m0/s1. The first-order chi connectivity index (χ1) is 33.8. The minimum absolute atomic E-state index is 0.0548. The molecule has 16 nitrogen and oxygen atoms in total. The second-order valence-electron chi connectivity index (χ2n) is 16.1. The van der Waals surface area contributed by atoms with E-state index in [4.69, 9.17) is 14.6 Å². The van der Waals surface area contributed by atoms with Gasteiger partial charge in [0.05, 0.1) is 6.42 Å². The van der Waals surface area contributed by atoms with Crippen LogP contribution in [0.25, 0.3) is 0 Å². The summed E-state index contributed by atoms with van der Waals surface area (Å²) in [5.74, 6) is -1.55. The van der Waals surface area contributed by atoms with Crippen LogP contribution in [-0.4, -0.2) is 88.6 Å². The van der Waals surface area contributed by atoms with Crippen molar-refractivity contribution in [1.29, 1.82) is 0 Å². The van der Waals surface area contributed by atoms with Gasteiger partial charge in [0.1, 0.15) is 28.3 Å². The van der Waals surface area contributed by atoms with Gasteiger partial charge < -0.3 is 25.5 Å². The number of aromatic nitrogens is 5. The number of tetrazole rings is 1. The summed E-state index contributed by atoms with van der Waals surface area (Å²) in [6.07, 6.45) is -1.48. The third kappa shape index (κ3) is 9.23. The van der Waals surface area contributed by atoms with Crippen LogP contribution in [-0.2, 0) is 41.3 Å². The maximum atomic E-state index is 14.6. The fourth-order valence-corrected chi connectivity index (χ4v) is 11.4. The van der Waals surface area contributed by atoms with Gasteiger partial charge in [0.2, 0.25) is 17.3 Å². The summed E-state index contributed by atoms with van der Waals surface area (Å²) in [4.78, 5) is 67.4. The van der Waals surface area contributed by atoms with E-state index in [0.717, 1.165) is 27.8 Å². The fourth-order valence-electron chi connectivity index (χ4n) is 8.33. The SMILES string of the molecule is Cn1nnnc1SCC1=C(C(=O)OC(c2ccccc2)c2ccccc2)N2C(=O)C(NC(=O)/C(=N\OC3CC(=O)N3)c3csc(NC(c4ccccc4)(c4ccccc4)c4ccccc4)n3)[C@@H]2SC1. The van der Waals surface area contributed by atoms with Crippen molar-refractivity contribution in [1.82, 2.24) is 40.7 Å². The monoisotopic (exact) mass is 974 g/mol. The predicted molar refractivity (Wildman–Crippen MR) is 262 cm³/mol. The van der Waals surface area contributed by atoms with Crippen LogP contribution in [0.5, 0.6) is 0 Å². The average molecular weight is 975 g/mol. The van der Waals surface area contributed by atoms with Gasteiger partial charge in [-0.15, -0.1) is 28.2 Å². The number of benzene rings is 5. The van der Waals surface area contributed by atoms with E-state index in [9.17, 15) is 19.2 Å². The third-order valence-electron chi connectivity index (χ3n) is 11.8. The molecule has 69 heavy (non-hydrogen) atoms. The molecule has 2 saturated heterocycles. The minimum Gasteiger partial charge on any atom is -0.448 e. The smallest absolute Gasteiger partial charge is 0.356 e. The van der Waals surface area contributed by atoms with E-state index in [1.807, 2.05) is 152 Å². The number of ether oxygens (including phenoxy) is 1. The van der Waals surface area contributed by atoms with Crippen molar-refractivity contribution in [3.05, 3.63) is 202 Å². The fraction of sp³-hybridized carbons (Fsp3) is 0.180. The lowest BCUT2D eigenvalue weighted by Gasteiger charge is -2.49. The van der Waals surface area contributed by atoms with E-state index < -0.39 is 47.1 Å². The lowest BCUT2D eigenvalue weighted by atomic mass is 9.77. The first kappa shape index (κ1) is 45.2. The van der Waals surface area contributed by atoms with Crippen molar-refractivity contribution in [3.8, 4) is 0 Å². The zero-order valence-corrected chi connectivity index (χ0v) is 39.2. The molecular weight excluding hydrogens is 933 g/mol. The molecule has 0 aliphatic carbocycles. The summed E-state index contributed by atoms with van der Waals surface area (Å²) in [5.41, 5.74) is 4.14. The van der Waals surface area contributed by atoms with Gasteiger partial charge in [-0.3, -0.25) is 19.3 Å². The Bertz CT molecular complexity index is 2910. The molecule has 0 spiro atoms. The molecule has 3 amide bonds. The largest absolute Gasteiger partial charge is 0.448 e. The Balaban J connectivity index is 0.944. The van der Waals surface area contributed by atoms with E-state index >= 15 is 0 Å². The molecular formula is C50H42N10O6S3. The summed E-state index contributed by atoms with van der Waals surface area (Å²) >= 11 is 3.99. The molecule has 3 aliphatic heterocycles. The van der Waals surface area contributed by atoms with Gasteiger partial charge in [0.25, 0.3) is 11.8 Å². The highest BCUT2D eigenvalue weighted by molar-refractivity contribution is 8.01. The van der Waals surface area contributed by atoms with Crippen molar-refractivity contribution in [3.63, 3.8) is 0 Å². The second-order valence-corrected chi connectivity index (χ2v) is 19.0. The Kier molecular flexibility index (Phi) is 13.0. The van der Waals surface area contributed by atoms with Crippen LogP contribution in [0.15, 0.2) is 179 Å². The number of hydrogen-bond acceptors (Lipinski definition) is 15. The molecule has 0 bridgehead atoms. The number of aryl methyl sites for hydroxylation is 1. The Morgan fingerprint density at radius 1 is 0.855 bits per heavy atom. The van der Waals surface area contributed by atoms with Gasteiger partial charge in [0, 0.05) is 23.9 Å². The number of rotatable bonds is 17. The lowest BCUT2D eigenvalue weighted by molar-refractivity contribution is -0.154. The number of oxime groups is 1. The number of thiazole rings is 1. The van der Waals surface area contributed by atoms with E-state index in [0.29, 0.717) is 21.6 Å². The molecule has 3 aliphatic rings. The Morgan fingerprint density at radius 2 is 1.42 bits per heavy atom. The van der Waals surface area contributed by atoms with Gasteiger partial charge in [-0.05, 0) is 43.8 Å². The molecule has 3 atom stereocenters. The van der Waals surface area contributed by atoms with Gasteiger partial charge in [-0.1, -0.05) is 169 Å². The first-order valence-electron chi connectivity index (χ1n) is 21.8. The minimum atomic E-state index is -1.06. The maximum Gasteiger partial charge on any atom is 0.356 e. The number of thioether (sulfide) groups is 2. The molecule has 7 aromatic rings. The van der Waals surface area contributed by atoms with Crippen molar-refractivity contribution in [2.45, 2.75) is 40.9 Å². The number of nitrogens with zero attached hydrogens (tertiary/aromatic N) is 7. The average Bonchev–Trinajstić information content (AvgIpc) is 4.04. The predicted octanol–water partition coefficient (Wildman–Crippen LogP) is 6.42. The maximum absolute atomic E-state index is 14.6. The number of fused-ring (bicyclic) bond motifs is 1. The number of nitrogens with one attached hydrogen (secondary N) is 3. The highest BCUT2D eigenvalue weighted by Crippen LogP contribution is 2.44. The summed E-state index contributed by atoms with van der Waals surface area (Å²) < 4.78 is 7.87. The van der Waals surface area contributed by atoms with E-state index in [1.165, 1.54) is 44.4 Å². The third-order valence-corrected chi connectivity index (χ3v) is 14.9. The molecule has 0 saturated carbocycles. The Labute approximate surface area is 408 Å². The topological polar surface area (TPSA) is 195 Å². The molecule has 19 heteroatoms. The number of anilines is 1. The Hall–Kier alpha value is -7.61. The number of β-lactam (4-membered cyclic amide) rings is 2. The molecule has 2 fully saturated rings. The zero-order chi connectivity index (χ0) is 47.3. The number of esters is 1. The van der Waals surface area contributed by atoms with Crippen LogP contribution in [0.2, 0.25) is 0 Å². The Morgan fingerprint density at radius 3 is 1.96 bits per heavy atom. The zero-order valence-electron chi connectivity index (χ0n) is 36.7. The molecule has 2 aromatic heterocycles. The van der Waals surface area contributed by atoms with Crippen LogP contribution in [0.1, 0.15) is 46.0 Å². The highest BCUT2D eigenvalue weighted by Gasteiger charge is 2.55. The van der Waals surface area contributed by atoms with Crippen LogP contribution >= 0.6 is 34.9 Å². The van der Waals surface area contributed by atoms with Crippen molar-refractivity contribution < 1.29 is 28.8 Å². The van der Waals surface area contributed by atoms with Crippen molar-refractivity contribution in [2.24, 2.45) is 12.2 Å². The number of carbonyl (C=O) groups excluding carboxylic acids is 4. The van der Waals surface area contributed by atoms with Gasteiger partial charge in [0.15, 0.2) is 16.9 Å². The van der Waals surface area contributed by atoms with Crippen molar-refractivity contribution >= 4 is 69.4 Å². The summed E-state index contributed by atoms with van der Waals surface area (Å²) in [7, 11) is 1.72. The van der Waals surface area contributed by atoms with Crippen LogP contribution in [0.3, 0.4) is 0 Å². The normalized spacial score (nSPS) is 17.9. The highest BCUT2D eigenvalue weighted by atomic mass is 32.2. The molecule has 10 rings (SSSR count). The van der Waals surface area contributed by atoms with Gasteiger partial charge in [-0.25, -0.2) is 14.5 Å². The number of amides is 3. The van der Waals surface area contributed by atoms with Crippen LogP contribution < -0.4 is 16.0 Å². The molecule has 5 heterocycles. The molecule has 2 unspecified atom stereocenters. The quantitative estimate of drug-likeness (QED) is 0.0226. The second kappa shape index (κ2) is 19.9. The molecule has 3 N–H and O–H groups in total. The molecule has 5 aromatic carbocycles. The van der Waals surface area contributed by atoms with Gasteiger partial charge >= 0.3 is 5.97 Å². The number of hydrogen-bond donors (Lipinski definition) is 3. The lowest BCUT2D eigenvalue weighted by Crippen LogP contribution is -2.71. The molecule has 0 radical (unpaired) electrons. The van der Waals surface area contributed by atoms with Crippen LogP contribution in [0, 0.1) is 0 Å². The van der Waals surface area contributed by atoms with Crippen LogP contribution in [0.4, 0.5) is 5.13 Å². The van der Waals surface area contributed by atoms with E-state index in [2.05, 4.69) is 36.6 Å². The first-order valence-corrected chi connectivity index (χ1v) is 24.8. The van der Waals surface area contributed by atoms with E-state index in [1.54, 1.807) is 12.4 Å². The van der Waals surface area contributed by atoms with Gasteiger partial charge in [-0.2, -0.15) is 0 Å². The van der Waals surface area contributed by atoms with E-state index in [-0.39, 0.29) is 35.2 Å². The summed E-state index contributed by atoms with van der Waals surface area (Å²) in [5, 5.41) is 27.2. The molecule has 346 valence electrons. The number of carbonyl (C=O) groups is 4.